The van der Waals surface area contributed by atoms with Gasteiger partial charge in [-0.25, -0.2) is 0 Å². The number of hydrogen-bond acceptors (Lipinski definition) is 0. The van der Waals surface area contributed by atoms with Gasteiger partial charge in [0.25, 0.3) is 0 Å². The van der Waals surface area contributed by atoms with Gasteiger partial charge >= 0.3 is 0 Å². The van der Waals surface area contributed by atoms with Gasteiger partial charge in [-0.1, -0.05) is 32.4 Å². The summed E-state index contributed by atoms with van der Waals surface area (Å²) in [4.78, 5) is 0. The first kappa shape index (κ1) is 11.0. The second kappa shape index (κ2) is 6.72. The summed E-state index contributed by atoms with van der Waals surface area (Å²) in [5, 5.41) is 0. The predicted octanol–water partition coefficient (Wildman–Crippen LogP) is 4.00. The molecule has 0 saturated carbocycles. The summed E-state index contributed by atoms with van der Waals surface area (Å²) < 4.78 is 0. The Kier molecular flexibility index (Phi) is 6.74. The molecule has 1 heteroatoms. The molecule has 0 aliphatic heterocycles. The molecule has 0 saturated heterocycles. The molecule has 0 aliphatic carbocycles. The van der Waals surface area contributed by atoms with Crippen LogP contribution in [0.4, 0.5) is 0 Å². The van der Waals surface area contributed by atoms with E-state index in [-0.39, 0.29) is 0 Å². The fraction of sp³-hybridized carbons (Fsp3) is 0.800. The van der Waals surface area contributed by atoms with E-state index in [0.717, 1.165) is 12.3 Å². The first-order valence-electron chi connectivity index (χ1n) is 4.53. The Balaban J connectivity index is 3.98. The van der Waals surface area contributed by atoms with Gasteiger partial charge < -0.3 is 0 Å². The number of allylic oxidation sites excluding steroid dienone is 2. The van der Waals surface area contributed by atoms with E-state index in [2.05, 4.69) is 26.8 Å². The molecule has 0 fully saturated rings. The van der Waals surface area contributed by atoms with Gasteiger partial charge in [0, 0.05) is 5.88 Å². The Labute approximate surface area is 75.6 Å². The van der Waals surface area contributed by atoms with Crippen LogP contribution in [0, 0.1) is 5.92 Å². The fourth-order valence-corrected chi connectivity index (χ4v) is 1.39. The Bertz CT molecular complexity index is 106. The van der Waals surface area contributed by atoms with Gasteiger partial charge in [0.05, 0.1) is 0 Å². The minimum atomic E-state index is 0.701. The molecule has 0 aromatic rings. The summed E-state index contributed by atoms with van der Waals surface area (Å²) in [6.45, 7) is 6.62. The van der Waals surface area contributed by atoms with Crippen molar-refractivity contribution >= 4 is 11.6 Å². The van der Waals surface area contributed by atoms with Crippen molar-refractivity contribution in [3.63, 3.8) is 0 Å². The van der Waals surface area contributed by atoms with Crippen LogP contribution in [-0.4, -0.2) is 5.88 Å². The van der Waals surface area contributed by atoms with Crippen LogP contribution in [0.5, 0.6) is 0 Å². The van der Waals surface area contributed by atoms with Crippen molar-refractivity contribution in [2.75, 3.05) is 5.88 Å². The van der Waals surface area contributed by atoms with E-state index >= 15 is 0 Å². The monoisotopic (exact) mass is 174 g/mol. The van der Waals surface area contributed by atoms with E-state index in [9.17, 15) is 0 Å². The summed E-state index contributed by atoms with van der Waals surface area (Å²) in [6, 6.07) is 0. The van der Waals surface area contributed by atoms with Crippen LogP contribution < -0.4 is 0 Å². The first-order valence-corrected chi connectivity index (χ1v) is 5.07. The highest BCUT2D eigenvalue weighted by Gasteiger charge is 2.00. The van der Waals surface area contributed by atoms with Crippen LogP contribution in [0.1, 0.15) is 40.0 Å². The standard InChI is InChI=1S/C10H19Cl/c1-4-9(5-2)7-10(6-3)8-11/h7,9H,4-6,8H2,1-3H3. The molecule has 0 aliphatic rings. The molecule has 0 atom stereocenters. The summed E-state index contributed by atoms with van der Waals surface area (Å²) in [5.74, 6) is 1.44. The summed E-state index contributed by atoms with van der Waals surface area (Å²) in [6.07, 6.45) is 5.90. The molecule has 0 spiro atoms. The van der Waals surface area contributed by atoms with Gasteiger partial charge in [-0.3, -0.25) is 0 Å². The second-order valence-electron chi connectivity index (χ2n) is 2.89. The first-order chi connectivity index (χ1) is 5.28. The molecule has 0 bridgehead atoms. The van der Waals surface area contributed by atoms with Crippen molar-refractivity contribution in [1.29, 1.82) is 0 Å². The van der Waals surface area contributed by atoms with Crippen LogP contribution in [0.3, 0.4) is 0 Å². The second-order valence-corrected chi connectivity index (χ2v) is 3.16. The van der Waals surface area contributed by atoms with Gasteiger partial charge in [-0.15, -0.1) is 11.6 Å². The lowest BCUT2D eigenvalue weighted by atomic mass is 10.00. The maximum Gasteiger partial charge on any atom is 0.0433 e. The third-order valence-corrected chi connectivity index (χ3v) is 2.49. The van der Waals surface area contributed by atoms with Crippen LogP contribution >= 0.6 is 11.6 Å². The van der Waals surface area contributed by atoms with E-state index in [1.54, 1.807) is 0 Å². The van der Waals surface area contributed by atoms with Crippen molar-refractivity contribution in [2.45, 2.75) is 40.0 Å². The smallest absolute Gasteiger partial charge is 0.0433 e. The molecule has 0 N–H and O–H groups in total. The molecular formula is C10H19Cl. The molecule has 0 aromatic carbocycles. The van der Waals surface area contributed by atoms with Crippen molar-refractivity contribution in [3.05, 3.63) is 11.6 Å². The average Bonchev–Trinajstić information content (AvgIpc) is 2.07. The zero-order valence-electron chi connectivity index (χ0n) is 7.86. The number of halogens is 1. The van der Waals surface area contributed by atoms with E-state index in [1.807, 2.05) is 0 Å². The minimum absolute atomic E-state index is 0.701. The van der Waals surface area contributed by atoms with Crippen molar-refractivity contribution in [1.82, 2.24) is 0 Å². The Morgan fingerprint density at radius 2 is 1.82 bits per heavy atom. The topological polar surface area (TPSA) is 0 Å². The third-order valence-electron chi connectivity index (χ3n) is 2.15. The Morgan fingerprint density at radius 1 is 1.27 bits per heavy atom. The molecule has 0 aromatic heterocycles. The lowest BCUT2D eigenvalue weighted by molar-refractivity contribution is 0.600. The third kappa shape index (κ3) is 4.47. The lowest BCUT2D eigenvalue weighted by Crippen LogP contribution is -1.94. The fourth-order valence-electron chi connectivity index (χ4n) is 1.11. The van der Waals surface area contributed by atoms with E-state index in [4.69, 9.17) is 11.6 Å². The molecule has 0 heterocycles. The van der Waals surface area contributed by atoms with Crippen molar-refractivity contribution in [3.8, 4) is 0 Å². The molecule has 0 unspecified atom stereocenters. The Morgan fingerprint density at radius 3 is 2.09 bits per heavy atom. The van der Waals surface area contributed by atoms with Gasteiger partial charge in [-0.05, 0) is 25.2 Å². The van der Waals surface area contributed by atoms with Crippen LogP contribution in [-0.2, 0) is 0 Å². The summed E-state index contributed by atoms with van der Waals surface area (Å²) >= 11 is 5.76. The number of hydrogen-bond donors (Lipinski definition) is 0. The lowest BCUT2D eigenvalue weighted by Gasteiger charge is -2.08. The van der Waals surface area contributed by atoms with Crippen LogP contribution in [0.2, 0.25) is 0 Å². The zero-order chi connectivity index (χ0) is 8.69. The Hall–Kier alpha value is 0.0300. The minimum Gasteiger partial charge on any atom is -0.122 e. The molecule has 66 valence electrons. The largest absolute Gasteiger partial charge is 0.122 e. The molecule has 0 radical (unpaired) electrons. The summed E-state index contributed by atoms with van der Waals surface area (Å²) in [5.41, 5.74) is 1.39. The van der Waals surface area contributed by atoms with Crippen molar-refractivity contribution < 1.29 is 0 Å². The number of alkyl halides is 1. The van der Waals surface area contributed by atoms with Crippen molar-refractivity contribution in [2.24, 2.45) is 5.92 Å². The van der Waals surface area contributed by atoms with E-state index < -0.39 is 0 Å². The predicted molar refractivity (Wildman–Crippen MR) is 53.2 cm³/mol. The SMILES string of the molecule is CCC(=CC(CC)CC)CCl. The highest BCUT2D eigenvalue weighted by Crippen LogP contribution is 2.14. The molecular weight excluding hydrogens is 156 g/mol. The van der Waals surface area contributed by atoms with Gasteiger partial charge in [-0.2, -0.15) is 0 Å². The molecule has 0 rings (SSSR count). The highest BCUT2D eigenvalue weighted by atomic mass is 35.5. The quantitative estimate of drug-likeness (QED) is 0.437. The molecule has 0 amide bonds. The van der Waals surface area contributed by atoms with E-state index in [0.29, 0.717) is 5.88 Å². The van der Waals surface area contributed by atoms with Crippen LogP contribution in [0.25, 0.3) is 0 Å². The summed E-state index contributed by atoms with van der Waals surface area (Å²) in [7, 11) is 0. The van der Waals surface area contributed by atoms with Crippen LogP contribution in [0.15, 0.2) is 11.6 Å². The van der Waals surface area contributed by atoms with Gasteiger partial charge in [0.2, 0.25) is 0 Å². The van der Waals surface area contributed by atoms with E-state index in [1.165, 1.54) is 18.4 Å². The average molecular weight is 175 g/mol. The van der Waals surface area contributed by atoms with Gasteiger partial charge in [0.1, 0.15) is 0 Å². The number of rotatable bonds is 5. The van der Waals surface area contributed by atoms with Gasteiger partial charge in [0.15, 0.2) is 0 Å². The maximum atomic E-state index is 5.76. The maximum absolute atomic E-state index is 5.76. The normalized spacial score (nSPS) is 12.6. The zero-order valence-corrected chi connectivity index (χ0v) is 8.62. The molecule has 11 heavy (non-hydrogen) atoms. The highest BCUT2D eigenvalue weighted by molar-refractivity contribution is 6.19. The molecule has 0 nitrogen and oxygen atoms in total.